The number of hydrogen-bond acceptors (Lipinski definition) is 6. The van der Waals surface area contributed by atoms with E-state index in [0.717, 1.165) is 23.1 Å². The van der Waals surface area contributed by atoms with Crippen molar-refractivity contribution in [1.29, 1.82) is 0 Å². The molecule has 0 radical (unpaired) electrons. The zero-order chi connectivity index (χ0) is 14.5. The number of carboxylic acids is 1. The summed E-state index contributed by atoms with van der Waals surface area (Å²) in [6.45, 7) is 0. The van der Waals surface area contributed by atoms with Crippen molar-refractivity contribution in [2.75, 3.05) is 11.1 Å². The molecule has 9 heteroatoms. The summed E-state index contributed by atoms with van der Waals surface area (Å²) in [6.07, 6.45) is 0. The molecule has 2 rings (SSSR count). The van der Waals surface area contributed by atoms with Gasteiger partial charge in [0.15, 0.2) is 4.34 Å². The van der Waals surface area contributed by atoms with Gasteiger partial charge in [0, 0.05) is 0 Å². The Balaban J connectivity index is 2.02. The third kappa shape index (κ3) is 3.92. The van der Waals surface area contributed by atoms with Gasteiger partial charge in [-0.2, -0.15) is 0 Å². The number of carboxylic acid groups (broad SMARTS) is 1. The van der Waals surface area contributed by atoms with Gasteiger partial charge in [0.2, 0.25) is 5.13 Å². The minimum absolute atomic E-state index is 0.104. The van der Waals surface area contributed by atoms with Gasteiger partial charge in [-0.15, -0.1) is 10.2 Å². The molecule has 0 aliphatic carbocycles. The van der Waals surface area contributed by atoms with E-state index in [2.05, 4.69) is 15.5 Å². The lowest BCUT2D eigenvalue weighted by Gasteiger charge is -2.02. The van der Waals surface area contributed by atoms with Crippen LogP contribution >= 0.6 is 34.7 Å². The van der Waals surface area contributed by atoms with Gasteiger partial charge in [0.05, 0.1) is 16.3 Å². The molecule has 0 saturated heterocycles. The Morgan fingerprint density at radius 1 is 1.35 bits per heavy atom. The molecule has 2 aromatic rings. The van der Waals surface area contributed by atoms with Gasteiger partial charge in [-0.25, -0.2) is 0 Å². The second-order valence-corrected chi connectivity index (χ2v) is 6.10. The highest BCUT2D eigenvalue weighted by Crippen LogP contribution is 2.26. The van der Waals surface area contributed by atoms with Gasteiger partial charge in [-0.3, -0.25) is 14.9 Å². The molecular weight excluding hydrogens is 322 g/mol. The maximum absolute atomic E-state index is 12.0. The SMILES string of the molecule is O=C(O)CSc1nnc(NC(=O)c2ccccc2Cl)s1. The zero-order valence-corrected chi connectivity index (χ0v) is 12.3. The van der Waals surface area contributed by atoms with E-state index in [-0.39, 0.29) is 11.7 Å². The Kier molecular flexibility index (Phi) is 4.94. The number of carbonyl (C=O) groups is 2. The molecule has 0 fully saturated rings. The standard InChI is InChI=1S/C11H8ClN3O3S2/c12-7-4-2-1-3-6(7)9(18)13-10-14-15-11(20-10)19-5-8(16)17/h1-4H,5H2,(H,16,17)(H,13,14,18). The van der Waals surface area contributed by atoms with Crippen LogP contribution in [0.1, 0.15) is 10.4 Å². The van der Waals surface area contributed by atoms with Crippen molar-refractivity contribution in [3.05, 3.63) is 34.9 Å². The number of carbonyl (C=O) groups excluding carboxylic acids is 1. The molecule has 6 nitrogen and oxygen atoms in total. The minimum atomic E-state index is -0.938. The number of aromatic nitrogens is 2. The van der Waals surface area contributed by atoms with E-state index in [9.17, 15) is 9.59 Å². The quantitative estimate of drug-likeness (QED) is 0.647. The minimum Gasteiger partial charge on any atom is -0.481 e. The highest BCUT2D eigenvalue weighted by molar-refractivity contribution is 8.01. The topological polar surface area (TPSA) is 92.2 Å². The zero-order valence-electron chi connectivity index (χ0n) is 9.87. The Morgan fingerprint density at radius 2 is 2.10 bits per heavy atom. The predicted molar refractivity (Wildman–Crippen MR) is 77.7 cm³/mol. The molecular formula is C11H8ClN3O3S2. The van der Waals surface area contributed by atoms with Gasteiger partial charge < -0.3 is 5.11 Å². The van der Waals surface area contributed by atoms with E-state index in [1.807, 2.05) is 0 Å². The van der Waals surface area contributed by atoms with E-state index in [1.54, 1.807) is 24.3 Å². The van der Waals surface area contributed by atoms with Crippen molar-refractivity contribution in [1.82, 2.24) is 10.2 Å². The number of halogens is 1. The van der Waals surface area contributed by atoms with E-state index < -0.39 is 5.97 Å². The molecule has 0 saturated carbocycles. The summed E-state index contributed by atoms with van der Waals surface area (Å²) < 4.78 is 0.474. The molecule has 0 unspecified atom stereocenters. The maximum atomic E-state index is 12.0. The molecule has 1 heterocycles. The molecule has 0 aliphatic rings. The number of nitrogens with zero attached hydrogens (tertiary/aromatic N) is 2. The van der Waals surface area contributed by atoms with Crippen LogP contribution in [0.15, 0.2) is 28.6 Å². The lowest BCUT2D eigenvalue weighted by molar-refractivity contribution is -0.133. The van der Waals surface area contributed by atoms with Gasteiger partial charge in [0.25, 0.3) is 5.91 Å². The van der Waals surface area contributed by atoms with Crippen LogP contribution in [-0.2, 0) is 4.79 Å². The lowest BCUT2D eigenvalue weighted by Crippen LogP contribution is -2.12. The molecule has 104 valence electrons. The second-order valence-electron chi connectivity index (χ2n) is 3.49. The average Bonchev–Trinajstić information content (AvgIpc) is 2.84. The van der Waals surface area contributed by atoms with E-state index >= 15 is 0 Å². The molecule has 1 aromatic carbocycles. The number of nitrogens with one attached hydrogen (secondary N) is 1. The first-order chi connectivity index (χ1) is 9.56. The number of rotatable bonds is 5. The largest absolute Gasteiger partial charge is 0.481 e. The smallest absolute Gasteiger partial charge is 0.313 e. The van der Waals surface area contributed by atoms with Crippen LogP contribution < -0.4 is 5.32 Å². The van der Waals surface area contributed by atoms with Crippen molar-refractivity contribution in [3.63, 3.8) is 0 Å². The second kappa shape index (κ2) is 6.69. The number of aliphatic carboxylic acids is 1. The monoisotopic (exact) mass is 329 g/mol. The van der Waals surface area contributed by atoms with Crippen LogP contribution in [0.2, 0.25) is 5.02 Å². The van der Waals surface area contributed by atoms with Gasteiger partial charge in [0.1, 0.15) is 0 Å². The fraction of sp³-hybridized carbons (Fsp3) is 0.0909. The third-order valence-corrected chi connectivity index (χ3v) is 4.35. The van der Waals surface area contributed by atoms with E-state index in [1.165, 1.54) is 0 Å². The summed E-state index contributed by atoms with van der Waals surface area (Å²) in [5.74, 6) is -1.43. The fourth-order valence-electron chi connectivity index (χ4n) is 1.25. The van der Waals surface area contributed by atoms with Crippen molar-refractivity contribution < 1.29 is 14.7 Å². The van der Waals surface area contributed by atoms with Crippen molar-refractivity contribution in [2.24, 2.45) is 0 Å². The van der Waals surface area contributed by atoms with Crippen LogP contribution in [-0.4, -0.2) is 32.9 Å². The Bertz CT molecular complexity index is 647. The third-order valence-electron chi connectivity index (χ3n) is 2.06. The van der Waals surface area contributed by atoms with E-state index in [4.69, 9.17) is 16.7 Å². The highest BCUT2D eigenvalue weighted by Gasteiger charge is 2.13. The summed E-state index contributed by atoms with van der Waals surface area (Å²) >= 11 is 8.06. The first-order valence-electron chi connectivity index (χ1n) is 5.30. The summed E-state index contributed by atoms with van der Waals surface area (Å²) in [4.78, 5) is 22.4. The first kappa shape index (κ1) is 14.8. The molecule has 0 spiro atoms. The Morgan fingerprint density at radius 3 is 2.80 bits per heavy atom. The number of benzene rings is 1. The van der Waals surface area contributed by atoms with Crippen LogP contribution in [0, 0.1) is 0 Å². The molecule has 1 amide bonds. The molecule has 0 atom stereocenters. The van der Waals surface area contributed by atoms with Crippen LogP contribution in [0.25, 0.3) is 0 Å². The lowest BCUT2D eigenvalue weighted by atomic mass is 10.2. The van der Waals surface area contributed by atoms with Crippen LogP contribution in [0.3, 0.4) is 0 Å². The molecule has 2 N–H and O–H groups in total. The molecule has 0 aliphatic heterocycles. The van der Waals surface area contributed by atoms with Crippen LogP contribution in [0.5, 0.6) is 0 Å². The molecule has 0 bridgehead atoms. The Labute approximate surface area is 127 Å². The van der Waals surface area contributed by atoms with Gasteiger partial charge >= 0.3 is 5.97 Å². The van der Waals surface area contributed by atoms with Crippen molar-refractivity contribution in [2.45, 2.75) is 4.34 Å². The average molecular weight is 330 g/mol. The summed E-state index contributed by atoms with van der Waals surface area (Å²) in [7, 11) is 0. The normalized spacial score (nSPS) is 10.2. The number of hydrogen-bond donors (Lipinski definition) is 2. The molecule has 20 heavy (non-hydrogen) atoms. The maximum Gasteiger partial charge on any atom is 0.313 e. The van der Waals surface area contributed by atoms with Crippen LogP contribution in [0.4, 0.5) is 5.13 Å². The van der Waals surface area contributed by atoms with Gasteiger partial charge in [-0.1, -0.05) is 46.8 Å². The summed E-state index contributed by atoms with van der Waals surface area (Å²) in [5, 5.41) is 19.3. The van der Waals surface area contributed by atoms with Gasteiger partial charge in [-0.05, 0) is 12.1 Å². The molecule has 1 aromatic heterocycles. The van der Waals surface area contributed by atoms with Crippen molar-refractivity contribution >= 4 is 51.7 Å². The summed E-state index contributed by atoms with van der Waals surface area (Å²) in [6, 6.07) is 6.64. The highest BCUT2D eigenvalue weighted by atomic mass is 35.5. The number of thioether (sulfide) groups is 1. The van der Waals surface area contributed by atoms with Crippen molar-refractivity contribution in [3.8, 4) is 0 Å². The summed E-state index contributed by atoms with van der Waals surface area (Å²) in [5.41, 5.74) is 0.337. The first-order valence-corrected chi connectivity index (χ1v) is 7.48. The number of anilines is 1. The Hall–Kier alpha value is -1.64. The fourth-order valence-corrected chi connectivity index (χ4v) is 2.94. The predicted octanol–water partition coefficient (Wildman–Crippen LogP) is 2.62. The number of amides is 1. The van der Waals surface area contributed by atoms with E-state index in [0.29, 0.717) is 20.1 Å².